The number of hydrogen-bond acceptors (Lipinski definition) is 2. The van der Waals surface area contributed by atoms with E-state index in [-0.39, 0.29) is 12.3 Å². The van der Waals surface area contributed by atoms with E-state index in [1.54, 1.807) is 24.3 Å². The lowest BCUT2D eigenvalue weighted by atomic mass is 9.70. The van der Waals surface area contributed by atoms with E-state index in [2.05, 4.69) is 6.07 Å². The number of carboxylic acids is 1. The van der Waals surface area contributed by atoms with Gasteiger partial charge in [-0.3, -0.25) is 4.79 Å². The van der Waals surface area contributed by atoms with Gasteiger partial charge in [0.15, 0.2) is 0 Å². The van der Waals surface area contributed by atoms with Crippen LogP contribution in [0, 0.1) is 17.2 Å². The SMILES string of the molecule is CC(C)C(C#N)(CCC(=O)O)c1ccc(Cl)cc1. The molecule has 18 heavy (non-hydrogen) atoms. The zero-order chi connectivity index (χ0) is 13.8. The van der Waals surface area contributed by atoms with Crippen LogP contribution in [0.25, 0.3) is 0 Å². The van der Waals surface area contributed by atoms with Crippen LogP contribution >= 0.6 is 11.6 Å². The summed E-state index contributed by atoms with van der Waals surface area (Å²) in [7, 11) is 0. The van der Waals surface area contributed by atoms with Crippen LogP contribution in [0.1, 0.15) is 32.3 Å². The molecule has 4 heteroatoms. The predicted octanol–water partition coefficient (Wildman–Crippen LogP) is 3.62. The van der Waals surface area contributed by atoms with E-state index in [4.69, 9.17) is 16.7 Å². The van der Waals surface area contributed by atoms with E-state index in [1.807, 2.05) is 13.8 Å². The van der Waals surface area contributed by atoms with Gasteiger partial charge in [-0.2, -0.15) is 5.26 Å². The summed E-state index contributed by atoms with van der Waals surface area (Å²) >= 11 is 5.84. The van der Waals surface area contributed by atoms with E-state index in [0.717, 1.165) is 5.56 Å². The maximum Gasteiger partial charge on any atom is 0.303 e. The lowest BCUT2D eigenvalue weighted by Crippen LogP contribution is -2.31. The van der Waals surface area contributed by atoms with Crippen LogP contribution in [-0.4, -0.2) is 11.1 Å². The molecular weight excluding hydrogens is 250 g/mol. The lowest BCUT2D eigenvalue weighted by Gasteiger charge is -2.31. The van der Waals surface area contributed by atoms with Gasteiger partial charge in [-0.1, -0.05) is 37.6 Å². The Morgan fingerprint density at radius 1 is 1.44 bits per heavy atom. The number of halogens is 1. The quantitative estimate of drug-likeness (QED) is 0.884. The number of carbonyl (C=O) groups is 1. The summed E-state index contributed by atoms with van der Waals surface area (Å²) in [5.41, 5.74) is 0.0499. The smallest absolute Gasteiger partial charge is 0.303 e. The zero-order valence-corrected chi connectivity index (χ0v) is 11.2. The molecule has 1 aromatic carbocycles. The fourth-order valence-electron chi connectivity index (χ4n) is 2.07. The average Bonchev–Trinajstić information content (AvgIpc) is 2.31. The number of hydrogen-bond donors (Lipinski definition) is 1. The fourth-order valence-corrected chi connectivity index (χ4v) is 2.19. The van der Waals surface area contributed by atoms with Crippen LogP contribution < -0.4 is 0 Å². The maximum atomic E-state index is 10.7. The van der Waals surface area contributed by atoms with Crippen LogP contribution in [0.3, 0.4) is 0 Å². The van der Waals surface area contributed by atoms with Gasteiger partial charge >= 0.3 is 5.97 Å². The molecule has 0 saturated heterocycles. The summed E-state index contributed by atoms with van der Waals surface area (Å²) < 4.78 is 0. The highest BCUT2D eigenvalue weighted by molar-refractivity contribution is 6.30. The minimum Gasteiger partial charge on any atom is -0.481 e. The molecule has 0 heterocycles. The molecule has 1 unspecified atom stereocenters. The van der Waals surface area contributed by atoms with E-state index >= 15 is 0 Å². The Morgan fingerprint density at radius 3 is 2.39 bits per heavy atom. The van der Waals surface area contributed by atoms with Crippen molar-refractivity contribution in [1.29, 1.82) is 5.26 Å². The Hall–Kier alpha value is -1.53. The Bertz CT molecular complexity index is 462. The Labute approximate surface area is 112 Å². The van der Waals surface area contributed by atoms with Crippen molar-refractivity contribution in [2.75, 3.05) is 0 Å². The zero-order valence-electron chi connectivity index (χ0n) is 10.5. The molecule has 0 radical (unpaired) electrons. The minimum absolute atomic E-state index is 0.0195. The molecule has 0 aromatic heterocycles. The van der Waals surface area contributed by atoms with Crippen LogP contribution in [0.2, 0.25) is 5.02 Å². The predicted molar refractivity (Wildman–Crippen MR) is 70.5 cm³/mol. The number of nitrogens with zero attached hydrogens (tertiary/aromatic N) is 1. The summed E-state index contributed by atoms with van der Waals surface area (Å²) in [5, 5.41) is 18.9. The number of nitriles is 1. The molecule has 96 valence electrons. The van der Waals surface area contributed by atoms with Crippen molar-refractivity contribution in [3.8, 4) is 6.07 Å². The third kappa shape index (κ3) is 3.02. The molecule has 0 saturated carbocycles. The molecule has 3 nitrogen and oxygen atoms in total. The highest BCUT2D eigenvalue weighted by Gasteiger charge is 2.36. The van der Waals surface area contributed by atoms with E-state index in [0.29, 0.717) is 11.4 Å². The molecule has 1 N–H and O–H groups in total. The molecular formula is C14H16ClNO2. The number of benzene rings is 1. The van der Waals surface area contributed by atoms with Crippen molar-refractivity contribution >= 4 is 17.6 Å². The van der Waals surface area contributed by atoms with Gasteiger partial charge in [-0.05, 0) is 30.0 Å². The first-order valence-electron chi connectivity index (χ1n) is 5.81. The molecule has 0 fully saturated rings. The average molecular weight is 266 g/mol. The largest absolute Gasteiger partial charge is 0.481 e. The summed E-state index contributed by atoms with van der Waals surface area (Å²) in [6.07, 6.45) is 0.284. The molecule has 0 aliphatic rings. The molecule has 1 atom stereocenters. The van der Waals surface area contributed by atoms with Crippen LogP contribution in [0.4, 0.5) is 0 Å². The van der Waals surface area contributed by atoms with Crippen LogP contribution in [0.15, 0.2) is 24.3 Å². The van der Waals surface area contributed by atoms with Crippen molar-refractivity contribution in [2.24, 2.45) is 5.92 Å². The highest BCUT2D eigenvalue weighted by atomic mass is 35.5. The molecule has 1 rings (SSSR count). The van der Waals surface area contributed by atoms with Crippen molar-refractivity contribution in [2.45, 2.75) is 32.1 Å². The number of aliphatic carboxylic acids is 1. The fraction of sp³-hybridized carbons (Fsp3) is 0.429. The second kappa shape index (κ2) is 5.88. The van der Waals surface area contributed by atoms with Gasteiger partial charge in [-0.25, -0.2) is 0 Å². The summed E-state index contributed by atoms with van der Waals surface area (Å²) in [4.78, 5) is 10.7. The molecule has 0 bridgehead atoms. The summed E-state index contributed by atoms with van der Waals surface area (Å²) in [5.74, 6) is -0.854. The van der Waals surface area contributed by atoms with Gasteiger partial charge in [0.05, 0.1) is 11.5 Å². The first-order chi connectivity index (χ1) is 8.42. The lowest BCUT2D eigenvalue weighted by molar-refractivity contribution is -0.137. The summed E-state index contributed by atoms with van der Waals surface area (Å²) in [6.45, 7) is 3.86. The van der Waals surface area contributed by atoms with Gasteiger partial charge in [0.1, 0.15) is 0 Å². The van der Waals surface area contributed by atoms with E-state index in [1.165, 1.54) is 0 Å². The minimum atomic E-state index is -0.885. The van der Waals surface area contributed by atoms with Gasteiger partial charge in [0.25, 0.3) is 0 Å². The van der Waals surface area contributed by atoms with Crippen LogP contribution in [-0.2, 0) is 10.2 Å². The molecule has 0 spiro atoms. The third-order valence-corrected chi connectivity index (χ3v) is 3.53. The monoisotopic (exact) mass is 265 g/mol. The first-order valence-corrected chi connectivity index (χ1v) is 6.19. The molecule has 0 aliphatic heterocycles. The highest BCUT2D eigenvalue weighted by Crippen LogP contribution is 2.36. The first kappa shape index (κ1) is 14.5. The second-order valence-corrected chi connectivity index (χ2v) is 5.07. The normalized spacial score (nSPS) is 13.9. The Kier molecular flexibility index (Phi) is 4.75. The topological polar surface area (TPSA) is 61.1 Å². The summed E-state index contributed by atoms with van der Waals surface area (Å²) in [6, 6.07) is 9.35. The molecule has 0 aliphatic carbocycles. The Morgan fingerprint density at radius 2 is 2.00 bits per heavy atom. The molecule has 0 amide bonds. The third-order valence-electron chi connectivity index (χ3n) is 3.28. The van der Waals surface area contributed by atoms with Crippen molar-refractivity contribution < 1.29 is 9.90 Å². The van der Waals surface area contributed by atoms with E-state index in [9.17, 15) is 10.1 Å². The van der Waals surface area contributed by atoms with E-state index < -0.39 is 11.4 Å². The number of carboxylic acid groups (broad SMARTS) is 1. The standard InChI is InChI=1S/C14H16ClNO2/c1-10(2)14(9-16,8-7-13(17)18)11-3-5-12(15)6-4-11/h3-6,10H,7-8H2,1-2H3,(H,17,18). The second-order valence-electron chi connectivity index (χ2n) is 4.64. The van der Waals surface area contributed by atoms with Crippen LogP contribution in [0.5, 0.6) is 0 Å². The van der Waals surface area contributed by atoms with Gasteiger partial charge in [0, 0.05) is 11.4 Å². The van der Waals surface area contributed by atoms with Gasteiger partial charge < -0.3 is 5.11 Å². The van der Waals surface area contributed by atoms with Crippen molar-refractivity contribution in [3.05, 3.63) is 34.9 Å². The van der Waals surface area contributed by atoms with Gasteiger partial charge in [0.2, 0.25) is 0 Å². The number of rotatable bonds is 5. The maximum absolute atomic E-state index is 10.7. The molecule has 1 aromatic rings. The Balaban J connectivity index is 3.15. The van der Waals surface area contributed by atoms with Crippen molar-refractivity contribution in [3.63, 3.8) is 0 Å². The van der Waals surface area contributed by atoms with Crippen molar-refractivity contribution in [1.82, 2.24) is 0 Å². The van der Waals surface area contributed by atoms with Gasteiger partial charge in [-0.15, -0.1) is 0 Å².